The maximum atomic E-state index is 11.9. The van der Waals surface area contributed by atoms with Gasteiger partial charge >= 0.3 is 0 Å². The van der Waals surface area contributed by atoms with Crippen LogP contribution in [0.2, 0.25) is 0 Å². The van der Waals surface area contributed by atoms with E-state index in [1.54, 1.807) is 0 Å². The molecule has 2 aromatic carbocycles. The van der Waals surface area contributed by atoms with Gasteiger partial charge in [0.25, 0.3) is 5.91 Å². The Labute approximate surface area is 131 Å². The van der Waals surface area contributed by atoms with Gasteiger partial charge in [-0.2, -0.15) is 0 Å². The molecule has 0 spiro atoms. The number of benzene rings is 2. The maximum absolute atomic E-state index is 11.9. The van der Waals surface area contributed by atoms with Crippen molar-refractivity contribution < 1.29 is 4.79 Å². The first-order chi connectivity index (χ1) is 9.65. The van der Waals surface area contributed by atoms with Crippen molar-refractivity contribution >= 4 is 33.4 Å². The predicted molar refractivity (Wildman–Crippen MR) is 84.3 cm³/mol. The van der Waals surface area contributed by atoms with Crippen LogP contribution in [0.1, 0.15) is 32.4 Å². The van der Waals surface area contributed by atoms with Crippen LogP contribution in [0.5, 0.6) is 0 Å². The highest BCUT2D eigenvalue weighted by Crippen LogP contribution is 2.31. The molecule has 0 radical (unpaired) electrons. The molecule has 1 aliphatic heterocycles. The number of alkyl halides is 1. The highest BCUT2D eigenvalue weighted by atomic mass is 79.9. The second kappa shape index (κ2) is 5.58. The predicted octanol–water partition coefficient (Wildman–Crippen LogP) is 4.06. The van der Waals surface area contributed by atoms with E-state index >= 15 is 0 Å². The van der Waals surface area contributed by atoms with Crippen LogP contribution >= 0.6 is 27.5 Å². The first kappa shape index (κ1) is 13.7. The van der Waals surface area contributed by atoms with Crippen LogP contribution < -0.4 is 5.32 Å². The second-order valence-electron chi connectivity index (χ2n) is 4.84. The maximum Gasteiger partial charge on any atom is 0.251 e. The quantitative estimate of drug-likeness (QED) is 0.813. The van der Waals surface area contributed by atoms with Crippen LogP contribution in [-0.2, 0) is 6.42 Å². The Balaban J connectivity index is 1.98. The Morgan fingerprint density at radius 1 is 1.15 bits per heavy atom. The highest BCUT2D eigenvalue weighted by molar-refractivity contribution is 9.10. The smallest absolute Gasteiger partial charge is 0.251 e. The summed E-state index contributed by atoms with van der Waals surface area (Å²) in [5.41, 5.74) is 3.79. The summed E-state index contributed by atoms with van der Waals surface area (Å²) in [6.07, 6.45) is 0.880. The molecule has 3 rings (SSSR count). The zero-order valence-electron chi connectivity index (χ0n) is 10.7. The number of fused-ring (bicyclic) bond motifs is 1. The Morgan fingerprint density at radius 2 is 1.95 bits per heavy atom. The van der Waals surface area contributed by atoms with Gasteiger partial charge in [-0.15, -0.1) is 11.6 Å². The van der Waals surface area contributed by atoms with Crippen LogP contribution in [0.3, 0.4) is 0 Å². The minimum absolute atomic E-state index is 0.00814. The standard InChI is InChI=1S/C16H13BrClNO/c17-13-3-1-2-11(8-13)15(18)12-5-4-10-6-7-19-16(20)14(10)9-12/h1-5,8-9,15H,6-7H2,(H,19,20). The van der Waals surface area contributed by atoms with Gasteiger partial charge in [0.2, 0.25) is 0 Å². The minimum Gasteiger partial charge on any atom is -0.352 e. The molecule has 0 bridgehead atoms. The van der Waals surface area contributed by atoms with E-state index in [9.17, 15) is 4.79 Å². The summed E-state index contributed by atoms with van der Waals surface area (Å²) in [5.74, 6) is -0.00814. The molecule has 0 aromatic heterocycles. The monoisotopic (exact) mass is 349 g/mol. The van der Waals surface area contributed by atoms with Crippen LogP contribution in [-0.4, -0.2) is 12.5 Å². The topological polar surface area (TPSA) is 29.1 Å². The molecule has 0 aliphatic carbocycles. The molecule has 0 fully saturated rings. The number of carbonyl (C=O) groups is 1. The molecule has 1 unspecified atom stereocenters. The van der Waals surface area contributed by atoms with Crippen molar-refractivity contribution in [3.05, 3.63) is 69.2 Å². The Morgan fingerprint density at radius 3 is 2.75 bits per heavy atom. The molecule has 4 heteroatoms. The number of halogens is 2. The SMILES string of the molecule is O=C1NCCc2ccc(C(Cl)c3cccc(Br)c3)cc21. The third-order valence-electron chi connectivity index (χ3n) is 3.49. The van der Waals surface area contributed by atoms with Gasteiger partial charge < -0.3 is 5.32 Å². The normalized spacial score (nSPS) is 15.4. The number of hydrogen-bond acceptors (Lipinski definition) is 1. The third-order valence-corrected chi connectivity index (χ3v) is 4.49. The van der Waals surface area contributed by atoms with Crippen molar-refractivity contribution in [2.45, 2.75) is 11.8 Å². The van der Waals surface area contributed by atoms with Gasteiger partial charge in [0.15, 0.2) is 0 Å². The summed E-state index contributed by atoms with van der Waals surface area (Å²) >= 11 is 9.99. The summed E-state index contributed by atoms with van der Waals surface area (Å²) in [5, 5.41) is 2.61. The van der Waals surface area contributed by atoms with Crippen LogP contribution in [0.4, 0.5) is 0 Å². The average Bonchev–Trinajstić information content (AvgIpc) is 2.47. The lowest BCUT2D eigenvalue weighted by atomic mass is 9.95. The fourth-order valence-electron chi connectivity index (χ4n) is 2.44. The van der Waals surface area contributed by atoms with Crippen molar-refractivity contribution in [3.8, 4) is 0 Å². The van der Waals surface area contributed by atoms with Gasteiger partial charge in [0, 0.05) is 16.6 Å². The zero-order chi connectivity index (χ0) is 14.1. The van der Waals surface area contributed by atoms with Crippen LogP contribution in [0.25, 0.3) is 0 Å². The number of rotatable bonds is 2. The summed E-state index contributed by atoms with van der Waals surface area (Å²) in [6.45, 7) is 0.709. The molecule has 20 heavy (non-hydrogen) atoms. The number of hydrogen-bond donors (Lipinski definition) is 1. The summed E-state index contributed by atoms with van der Waals surface area (Å²) < 4.78 is 0.997. The van der Waals surface area contributed by atoms with E-state index < -0.39 is 0 Å². The van der Waals surface area contributed by atoms with E-state index in [-0.39, 0.29) is 11.3 Å². The van der Waals surface area contributed by atoms with E-state index in [1.165, 1.54) is 0 Å². The molecule has 0 saturated carbocycles. The number of amides is 1. The third kappa shape index (κ3) is 2.60. The molecule has 1 heterocycles. The fraction of sp³-hybridized carbons (Fsp3) is 0.188. The lowest BCUT2D eigenvalue weighted by Gasteiger charge is -2.19. The first-order valence-electron chi connectivity index (χ1n) is 6.46. The van der Waals surface area contributed by atoms with Crippen molar-refractivity contribution in [1.82, 2.24) is 5.32 Å². The molecule has 1 aliphatic rings. The number of nitrogens with one attached hydrogen (secondary N) is 1. The summed E-state index contributed by atoms with van der Waals surface area (Å²) in [7, 11) is 0. The lowest BCUT2D eigenvalue weighted by molar-refractivity contribution is 0.0946. The van der Waals surface area contributed by atoms with Crippen molar-refractivity contribution in [2.24, 2.45) is 0 Å². The second-order valence-corrected chi connectivity index (χ2v) is 6.19. The number of carbonyl (C=O) groups excluding carboxylic acids is 1. The highest BCUT2D eigenvalue weighted by Gasteiger charge is 2.19. The molecular formula is C16H13BrClNO. The summed E-state index contributed by atoms with van der Waals surface area (Å²) in [6, 6.07) is 13.8. The van der Waals surface area contributed by atoms with Gasteiger partial charge in [-0.3, -0.25) is 4.79 Å². The molecular weight excluding hydrogens is 338 g/mol. The molecule has 1 N–H and O–H groups in total. The van der Waals surface area contributed by atoms with E-state index in [1.807, 2.05) is 42.5 Å². The Kier molecular flexibility index (Phi) is 3.81. The van der Waals surface area contributed by atoms with Crippen molar-refractivity contribution in [1.29, 1.82) is 0 Å². The van der Waals surface area contributed by atoms with Gasteiger partial charge in [0.1, 0.15) is 0 Å². The largest absolute Gasteiger partial charge is 0.352 e. The van der Waals surface area contributed by atoms with E-state index in [0.717, 1.165) is 33.1 Å². The average molecular weight is 351 g/mol. The van der Waals surface area contributed by atoms with Gasteiger partial charge in [0.05, 0.1) is 5.38 Å². The van der Waals surface area contributed by atoms with E-state index in [0.29, 0.717) is 6.54 Å². The van der Waals surface area contributed by atoms with E-state index in [2.05, 4.69) is 21.2 Å². The zero-order valence-corrected chi connectivity index (χ0v) is 13.0. The van der Waals surface area contributed by atoms with Crippen LogP contribution in [0, 0.1) is 0 Å². The van der Waals surface area contributed by atoms with E-state index in [4.69, 9.17) is 11.6 Å². The Bertz CT molecular complexity index is 671. The molecule has 1 atom stereocenters. The van der Waals surface area contributed by atoms with Crippen molar-refractivity contribution in [3.63, 3.8) is 0 Å². The van der Waals surface area contributed by atoms with Crippen LogP contribution in [0.15, 0.2) is 46.9 Å². The molecule has 102 valence electrons. The first-order valence-corrected chi connectivity index (χ1v) is 7.68. The summed E-state index contributed by atoms with van der Waals surface area (Å²) in [4.78, 5) is 11.9. The van der Waals surface area contributed by atoms with Gasteiger partial charge in [-0.1, -0.05) is 40.2 Å². The lowest BCUT2D eigenvalue weighted by Crippen LogP contribution is -2.31. The minimum atomic E-state index is -0.257. The molecule has 1 amide bonds. The van der Waals surface area contributed by atoms with Gasteiger partial charge in [-0.25, -0.2) is 0 Å². The molecule has 0 saturated heterocycles. The fourth-order valence-corrected chi connectivity index (χ4v) is 3.13. The molecule has 2 nitrogen and oxygen atoms in total. The van der Waals surface area contributed by atoms with Gasteiger partial charge in [-0.05, 0) is 41.3 Å². The van der Waals surface area contributed by atoms with Crippen molar-refractivity contribution in [2.75, 3.05) is 6.54 Å². The molecule has 2 aromatic rings. The Hall–Kier alpha value is -1.32.